The molecule has 7 nitrogen and oxygen atoms in total. The van der Waals surface area contributed by atoms with Crippen LogP contribution in [0.2, 0.25) is 0 Å². The van der Waals surface area contributed by atoms with Crippen LogP contribution in [0, 0.1) is 5.82 Å². The first kappa shape index (κ1) is 22.0. The van der Waals surface area contributed by atoms with Gasteiger partial charge in [0.25, 0.3) is 0 Å². The maximum atomic E-state index is 14.0. The third-order valence-electron chi connectivity index (χ3n) is 5.87. The molecule has 1 atom stereocenters. The standard InChI is InChI=1S/C24H27FN4O3/c1-3-21(32-2)24(31)26-16-10-12-29(13-11-16)23-18-14-15(25)8-9-19(18)27-22(28-23)17-6-4-5-7-20(17)30/h4-9,14,16,21,30H,3,10-13H2,1-2H3,(H,26,31). The number of aromatic hydroxyl groups is 1. The number of hydrogen-bond acceptors (Lipinski definition) is 6. The first-order chi connectivity index (χ1) is 15.5. The minimum atomic E-state index is -0.442. The number of aromatic nitrogens is 2. The van der Waals surface area contributed by atoms with Crippen molar-refractivity contribution in [2.24, 2.45) is 0 Å². The van der Waals surface area contributed by atoms with E-state index in [1.807, 2.05) is 13.0 Å². The normalized spacial score (nSPS) is 15.7. The van der Waals surface area contributed by atoms with E-state index in [2.05, 4.69) is 15.2 Å². The van der Waals surface area contributed by atoms with Crippen LogP contribution in [-0.4, -0.2) is 53.3 Å². The molecule has 1 unspecified atom stereocenters. The summed E-state index contributed by atoms with van der Waals surface area (Å²) in [5.74, 6) is 0.652. The highest BCUT2D eigenvalue weighted by Crippen LogP contribution is 2.33. The number of nitrogens with one attached hydrogen (secondary N) is 1. The molecule has 2 heterocycles. The lowest BCUT2D eigenvalue weighted by Gasteiger charge is -2.34. The largest absolute Gasteiger partial charge is 0.507 e. The molecule has 0 bridgehead atoms. The van der Waals surface area contributed by atoms with Gasteiger partial charge in [0.1, 0.15) is 23.5 Å². The molecule has 4 rings (SSSR count). The third kappa shape index (κ3) is 4.50. The number of methoxy groups -OCH3 is 1. The Balaban J connectivity index is 1.61. The fourth-order valence-electron chi connectivity index (χ4n) is 4.10. The van der Waals surface area contributed by atoms with Crippen LogP contribution in [0.1, 0.15) is 26.2 Å². The van der Waals surface area contributed by atoms with Crippen LogP contribution >= 0.6 is 0 Å². The van der Waals surface area contributed by atoms with Gasteiger partial charge in [-0.1, -0.05) is 19.1 Å². The highest BCUT2D eigenvalue weighted by atomic mass is 19.1. The predicted molar refractivity (Wildman–Crippen MR) is 121 cm³/mol. The van der Waals surface area contributed by atoms with Crippen molar-refractivity contribution in [1.82, 2.24) is 15.3 Å². The van der Waals surface area contributed by atoms with Crippen LogP contribution < -0.4 is 10.2 Å². The average Bonchev–Trinajstić information content (AvgIpc) is 2.80. The fraction of sp³-hybridized carbons (Fsp3) is 0.375. The summed E-state index contributed by atoms with van der Waals surface area (Å²) in [7, 11) is 1.54. The Morgan fingerprint density at radius 1 is 1.25 bits per heavy atom. The molecule has 0 saturated carbocycles. The number of hydrogen-bond donors (Lipinski definition) is 2. The minimum Gasteiger partial charge on any atom is -0.507 e. The van der Waals surface area contributed by atoms with Gasteiger partial charge < -0.3 is 20.1 Å². The van der Waals surface area contributed by atoms with Gasteiger partial charge in [0, 0.05) is 31.6 Å². The van der Waals surface area contributed by atoms with Crippen LogP contribution in [0.15, 0.2) is 42.5 Å². The van der Waals surface area contributed by atoms with Crippen LogP contribution in [0.3, 0.4) is 0 Å². The van der Waals surface area contributed by atoms with Crippen molar-refractivity contribution in [3.63, 3.8) is 0 Å². The molecule has 1 aromatic heterocycles. The van der Waals surface area contributed by atoms with Crippen molar-refractivity contribution in [3.8, 4) is 17.1 Å². The molecule has 0 aliphatic carbocycles. The number of phenols is 1. The lowest BCUT2D eigenvalue weighted by Crippen LogP contribution is -2.48. The number of nitrogens with zero attached hydrogens (tertiary/aromatic N) is 3. The summed E-state index contributed by atoms with van der Waals surface area (Å²) < 4.78 is 19.3. The highest BCUT2D eigenvalue weighted by molar-refractivity contribution is 5.91. The van der Waals surface area contributed by atoms with E-state index in [4.69, 9.17) is 9.72 Å². The SMILES string of the molecule is CCC(OC)C(=O)NC1CCN(c2nc(-c3ccccc3O)nc3ccc(F)cc23)CC1. The molecule has 2 aromatic carbocycles. The third-order valence-corrected chi connectivity index (χ3v) is 5.87. The van der Waals surface area contributed by atoms with E-state index in [9.17, 15) is 14.3 Å². The molecule has 0 spiro atoms. The van der Waals surface area contributed by atoms with Crippen molar-refractivity contribution in [2.75, 3.05) is 25.1 Å². The first-order valence-electron chi connectivity index (χ1n) is 10.8. The number of fused-ring (bicyclic) bond motifs is 1. The van der Waals surface area contributed by atoms with Gasteiger partial charge in [0.05, 0.1) is 11.1 Å². The molecule has 1 aliphatic rings. The zero-order valence-corrected chi connectivity index (χ0v) is 18.2. The molecule has 8 heteroatoms. The monoisotopic (exact) mass is 438 g/mol. The van der Waals surface area contributed by atoms with E-state index in [1.54, 1.807) is 24.3 Å². The highest BCUT2D eigenvalue weighted by Gasteiger charge is 2.26. The van der Waals surface area contributed by atoms with Crippen LogP contribution in [-0.2, 0) is 9.53 Å². The van der Waals surface area contributed by atoms with Crippen LogP contribution in [0.4, 0.5) is 10.2 Å². The molecule has 3 aromatic rings. The Bertz CT molecular complexity index is 1110. The molecule has 1 aliphatic heterocycles. The number of phenolic OH excluding ortho intramolecular Hbond substituents is 1. The zero-order valence-electron chi connectivity index (χ0n) is 18.2. The molecule has 32 heavy (non-hydrogen) atoms. The second kappa shape index (κ2) is 9.48. The number of anilines is 1. The molecular weight excluding hydrogens is 411 g/mol. The van der Waals surface area contributed by atoms with Gasteiger partial charge in [-0.15, -0.1) is 0 Å². The predicted octanol–water partition coefficient (Wildman–Crippen LogP) is 3.65. The smallest absolute Gasteiger partial charge is 0.249 e. The van der Waals surface area contributed by atoms with Gasteiger partial charge in [-0.3, -0.25) is 4.79 Å². The number of carbonyl (C=O) groups excluding carboxylic acids is 1. The number of para-hydroxylation sites is 1. The van der Waals surface area contributed by atoms with Gasteiger partial charge in [-0.2, -0.15) is 0 Å². The van der Waals surface area contributed by atoms with Crippen LogP contribution in [0.5, 0.6) is 5.75 Å². The zero-order chi connectivity index (χ0) is 22.7. The summed E-state index contributed by atoms with van der Waals surface area (Å²) in [4.78, 5) is 23.7. The Hall–Kier alpha value is -3.26. The second-order valence-electron chi connectivity index (χ2n) is 7.95. The van der Waals surface area contributed by atoms with Gasteiger partial charge in [-0.05, 0) is 49.6 Å². The van der Waals surface area contributed by atoms with Gasteiger partial charge in [0.2, 0.25) is 5.91 Å². The van der Waals surface area contributed by atoms with Crippen molar-refractivity contribution >= 4 is 22.6 Å². The van der Waals surface area contributed by atoms with E-state index in [1.165, 1.54) is 19.2 Å². The van der Waals surface area contributed by atoms with E-state index in [0.29, 0.717) is 47.6 Å². The number of amides is 1. The van der Waals surface area contributed by atoms with Gasteiger partial charge in [-0.25, -0.2) is 14.4 Å². The maximum absolute atomic E-state index is 14.0. The summed E-state index contributed by atoms with van der Waals surface area (Å²) in [6.07, 6.45) is 1.65. The summed E-state index contributed by atoms with van der Waals surface area (Å²) in [5.41, 5.74) is 1.13. The first-order valence-corrected chi connectivity index (χ1v) is 10.8. The number of rotatable bonds is 6. The minimum absolute atomic E-state index is 0.0467. The van der Waals surface area contributed by atoms with Crippen molar-refractivity contribution in [2.45, 2.75) is 38.3 Å². The summed E-state index contributed by atoms with van der Waals surface area (Å²) in [5, 5.41) is 14.0. The fourth-order valence-corrected chi connectivity index (χ4v) is 4.10. The molecule has 2 N–H and O–H groups in total. The quantitative estimate of drug-likeness (QED) is 0.611. The Labute approximate surface area is 186 Å². The van der Waals surface area contributed by atoms with Crippen molar-refractivity contribution < 1.29 is 19.0 Å². The van der Waals surface area contributed by atoms with E-state index in [-0.39, 0.29) is 23.5 Å². The lowest BCUT2D eigenvalue weighted by atomic mass is 10.0. The maximum Gasteiger partial charge on any atom is 0.249 e. The van der Waals surface area contributed by atoms with Crippen molar-refractivity contribution in [3.05, 3.63) is 48.3 Å². The summed E-state index contributed by atoms with van der Waals surface area (Å²) >= 11 is 0. The number of ether oxygens (including phenoxy) is 1. The number of carbonyl (C=O) groups is 1. The second-order valence-corrected chi connectivity index (χ2v) is 7.95. The van der Waals surface area contributed by atoms with Gasteiger partial charge in [0.15, 0.2) is 5.82 Å². The molecule has 1 amide bonds. The topological polar surface area (TPSA) is 87.6 Å². The lowest BCUT2D eigenvalue weighted by molar-refractivity contribution is -0.132. The Morgan fingerprint density at radius 3 is 2.69 bits per heavy atom. The molecule has 1 saturated heterocycles. The van der Waals surface area contributed by atoms with Crippen LogP contribution in [0.25, 0.3) is 22.3 Å². The molecular formula is C24H27FN4O3. The van der Waals surface area contributed by atoms with Gasteiger partial charge >= 0.3 is 0 Å². The number of halogens is 1. The molecule has 168 valence electrons. The number of piperidine rings is 1. The van der Waals surface area contributed by atoms with Crippen molar-refractivity contribution in [1.29, 1.82) is 0 Å². The van der Waals surface area contributed by atoms with E-state index < -0.39 is 6.10 Å². The average molecular weight is 439 g/mol. The Kier molecular flexibility index (Phi) is 6.50. The molecule has 0 radical (unpaired) electrons. The molecule has 1 fully saturated rings. The number of benzene rings is 2. The van der Waals surface area contributed by atoms with E-state index >= 15 is 0 Å². The summed E-state index contributed by atoms with van der Waals surface area (Å²) in [6.45, 7) is 3.22. The van der Waals surface area contributed by atoms with E-state index in [0.717, 1.165) is 12.8 Å². The Morgan fingerprint density at radius 2 is 2.00 bits per heavy atom. The summed E-state index contributed by atoms with van der Waals surface area (Å²) in [6, 6.07) is 11.4.